The van der Waals surface area contributed by atoms with Crippen LogP contribution in [0.2, 0.25) is 0 Å². The predicted octanol–water partition coefficient (Wildman–Crippen LogP) is 3.08. The minimum atomic E-state index is 0.388. The van der Waals surface area contributed by atoms with Crippen molar-refractivity contribution < 1.29 is 9.47 Å². The van der Waals surface area contributed by atoms with Crippen molar-refractivity contribution in [1.29, 1.82) is 0 Å². The molecule has 0 unspecified atom stereocenters. The average molecular weight is 288 g/mol. The fourth-order valence-corrected chi connectivity index (χ4v) is 1.91. The number of benzene rings is 2. The Morgan fingerprint density at radius 3 is 2.30 bits per heavy atom. The van der Waals surface area contributed by atoms with Crippen molar-refractivity contribution in [3.05, 3.63) is 48.0 Å². The van der Waals surface area contributed by atoms with Crippen molar-refractivity contribution >= 4 is 28.6 Å². The van der Waals surface area contributed by atoms with Crippen LogP contribution in [-0.2, 0) is 0 Å². The van der Waals surface area contributed by atoms with Gasteiger partial charge in [-0.3, -0.25) is 0 Å². The van der Waals surface area contributed by atoms with E-state index in [1.54, 1.807) is 14.2 Å². The lowest BCUT2D eigenvalue weighted by molar-refractivity contribution is 0.395. The Morgan fingerprint density at radius 2 is 1.75 bits per heavy atom. The maximum absolute atomic E-state index is 5.57. The zero-order valence-electron chi connectivity index (χ0n) is 11.3. The predicted molar refractivity (Wildman–Crippen MR) is 85.2 cm³/mol. The standard InChI is InChI=1S/C15H16N2O2S/c1-18-12-7-8-13(14(9-12)19-2)17-11-5-3-10(4-6-11)15(16)20/h3-9,17H,1-2H3,(H2,16,20). The molecule has 3 N–H and O–H groups in total. The van der Waals surface area contributed by atoms with Crippen LogP contribution in [0.4, 0.5) is 11.4 Å². The summed E-state index contributed by atoms with van der Waals surface area (Å²) in [5.74, 6) is 1.46. The Balaban J connectivity index is 2.23. The molecule has 104 valence electrons. The third-order valence-electron chi connectivity index (χ3n) is 2.86. The summed E-state index contributed by atoms with van der Waals surface area (Å²) in [6.07, 6.45) is 0. The van der Waals surface area contributed by atoms with E-state index in [1.165, 1.54) is 0 Å². The van der Waals surface area contributed by atoms with Gasteiger partial charge in [0, 0.05) is 17.3 Å². The zero-order chi connectivity index (χ0) is 14.5. The lowest BCUT2D eigenvalue weighted by Gasteiger charge is -2.12. The number of methoxy groups -OCH3 is 2. The molecule has 0 aliphatic carbocycles. The zero-order valence-corrected chi connectivity index (χ0v) is 12.2. The molecule has 0 saturated carbocycles. The highest BCUT2D eigenvalue weighted by atomic mass is 32.1. The van der Waals surface area contributed by atoms with Crippen LogP contribution in [-0.4, -0.2) is 19.2 Å². The number of rotatable bonds is 5. The number of hydrogen-bond donors (Lipinski definition) is 2. The highest BCUT2D eigenvalue weighted by Crippen LogP contribution is 2.31. The maximum Gasteiger partial charge on any atom is 0.145 e. The van der Waals surface area contributed by atoms with Gasteiger partial charge in [-0.2, -0.15) is 0 Å². The molecule has 0 fully saturated rings. The van der Waals surface area contributed by atoms with Gasteiger partial charge in [0.05, 0.1) is 19.9 Å². The summed E-state index contributed by atoms with van der Waals surface area (Å²) in [6.45, 7) is 0. The van der Waals surface area contributed by atoms with E-state index in [4.69, 9.17) is 27.4 Å². The van der Waals surface area contributed by atoms with Crippen molar-refractivity contribution in [3.8, 4) is 11.5 Å². The number of hydrogen-bond acceptors (Lipinski definition) is 4. The molecule has 0 spiro atoms. The molecule has 0 aliphatic heterocycles. The summed E-state index contributed by atoms with van der Waals surface area (Å²) in [6, 6.07) is 13.2. The van der Waals surface area contributed by atoms with Gasteiger partial charge in [0.2, 0.25) is 0 Å². The molecule has 4 nitrogen and oxygen atoms in total. The Kier molecular flexibility index (Phi) is 4.42. The van der Waals surface area contributed by atoms with Crippen LogP contribution in [0, 0.1) is 0 Å². The van der Waals surface area contributed by atoms with Crippen LogP contribution in [0.3, 0.4) is 0 Å². The van der Waals surface area contributed by atoms with Crippen LogP contribution in [0.15, 0.2) is 42.5 Å². The molecule has 0 bridgehead atoms. The van der Waals surface area contributed by atoms with E-state index in [0.717, 1.165) is 22.7 Å². The molecule has 2 rings (SSSR count). The number of nitrogens with two attached hydrogens (primary N) is 1. The second-order valence-electron chi connectivity index (χ2n) is 4.13. The van der Waals surface area contributed by atoms with E-state index in [-0.39, 0.29) is 0 Å². The second-order valence-corrected chi connectivity index (χ2v) is 4.57. The SMILES string of the molecule is COc1ccc(Nc2ccc(C(N)=S)cc2)c(OC)c1. The first-order valence-corrected chi connectivity index (χ1v) is 6.44. The van der Waals surface area contributed by atoms with Crippen molar-refractivity contribution in [1.82, 2.24) is 0 Å². The summed E-state index contributed by atoms with van der Waals surface area (Å²) in [7, 11) is 3.24. The number of thiocarbonyl (C=S) groups is 1. The molecule has 0 heterocycles. The summed E-state index contributed by atoms with van der Waals surface area (Å²) in [5, 5.41) is 3.28. The first kappa shape index (κ1) is 14.1. The van der Waals surface area contributed by atoms with Gasteiger partial charge >= 0.3 is 0 Å². The van der Waals surface area contributed by atoms with E-state index in [0.29, 0.717) is 10.7 Å². The minimum Gasteiger partial charge on any atom is -0.497 e. The monoisotopic (exact) mass is 288 g/mol. The molecule has 2 aromatic rings. The molecular weight excluding hydrogens is 272 g/mol. The van der Waals surface area contributed by atoms with Crippen LogP contribution in [0.1, 0.15) is 5.56 Å². The molecule has 0 radical (unpaired) electrons. The molecule has 5 heteroatoms. The fraction of sp³-hybridized carbons (Fsp3) is 0.133. The molecule has 0 saturated heterocycles. The summed E-state index contributed by atoms with van der Waals surface area (Å²) < 4.78 is 10.5. The molecule has 0 amide bonds. The van der Waals surface area contributed by atoms with Gasteiger partial charge in [0.1, 0.15) is 16.5 Å². The lowest BCUT2D eigenvalue weighted by Crippen LogP contribution is -2.08. The molecular formula is C15H16N2O2S. The Labute approximate surface area is 123 Å². The van der Waals surface area contributed by atoms with Crippen LogP contribution >= 0.6 is 12.2 Å². The van der Waals surface area contributed by atoms with Crippen LogP contribution in [0.25, 0.3) is 0 Å². The van der Waals surface area contributed by atoms with Gasteiger partial charge in [-0.15, -0.1) is 0 Å². The first-order chi connectivity index (χ1) is 9.63. The molecule has 0 aliphatic rings. The van der Waals surface area contributed by atoms with E-state index < -0.39 is 0 Å². The van der Waals surface area contributed by atoms with Gasteiger partial charge in [0.15, 0.2) is 0 Å². The van der Waals surface area contributed by atoms with E-state index in [9.17, 15) is 0 Å². The summed E-state index contributed by atoms with van der Waals surface area (Å²) in [4.78, 5) is 0.388. The molecule has 0 atom stereocenters. The van der Waals surface area contributed by atoms with Crippen molar-refractivity contribution in [2.45, 2.75) is 0 Å². The Bertz CT molecular complexity index is 612. The minimum absolute atomic E-state index is 0.388. The van der Waals surface area contributed by atoms with E-state index in [1.807, 2.05) is 42.5 Å². The van der Waals surface area contributed by atoms with Crippen LogP contribution < -0.4 is 20.5 Å². The number of nitrogens with one attached hydrogen (secondary N) is 1. The first-order valence-electron chi connectivity index (χ1n) is 6.03. The van der Waals surface area contributed by atoms with E-state index in [2.05, 4.69) is 5.32 Å². The molecule has 2 aromatic carbocycles. The normalized spacial score (nSPS) is 9.90. The second kappa shape index (κ2) is 6.25. The van der Waals surface area contributed by atoms with Gasteiger partial charge in [-0.1, -0.05) is 12.2 Å². The average Bonchev–Trinajstić information content (AvgIpc) is 2.48. The van der Waals surface area contributed by atoms with Crippen molar-refractivity contribution in [3.63, 3.8) is 0 Å². The van der Waals surface area contributed by atoms with Crippen molar-refractivity contribution in [2.24, 2.45) is 5.73 Å². The third kappa shape index (κ3) is 3.19. The largest absolute Gasteiger partial charge is 0.497 e. The highest BCUT2D eigenvalue weighted by molar-refractivity contribution is 7.80. The number of anilines is 2. The quantitative estimate of drug-likeness (QED) is 0.828. The van der Waals surface area contributed by atoms with Gasteiger partial charge < -0.3 is 20.5 Å². The molecule has 20 heavy (non-hydrogen) atoms. The van der Waals surface area contributed by atoms with Crippen LogP contribution in [0.5, 0.6) is 11.5 Å². The Morgan fingerprint density at radius 1 is 1.05 bits per heavy atom. The highest BCUT2D eigenvalue weighted by Gasteiger charge is 2.05. The topological polar surface area (TPSA) is 56.5 Å². The van der Waals surface area contributed by atoms with Gasteiger partial charge in [-0.25, -0.2) is 0 Å². The summed E-state index contributed by atoms with van der Waals surface area (Å²) >= 11 is 4.93. The lowest BCUT2D eigenvalue weighted by atomic mass is 10.2. The molecule has 0 aromatic heterocycles. The smallest absolute Gasteiger partial charge is 0.145 e. The Hall–Kier alpha value is -2.27. The fourth-order valence-electron chi connectivity index (χ4n) is 1.78. The van der Waals surface area contributed by atoms with Gasteiger partial charge in [0.25, 0.3) is 0 Å². The number of ether oxygens (including phenoxy) is 2. The summed E-state index contributed by atoms with van der Waals surface area (Å²) in [5.41, 5.74) is 8.19. The maximum atomic E-state index is 5.57. The van der Waals surface area contributed by atoms with E-state index >= 15 is 0 Å². The van der Waals surface area contributed by atoms with Gasteiger partial charge in [-0.05, 0) is 36.4 Å². The van der Waals surface area contributed by atoms with Crippen molar-refractivity contribution in [2.75, 3.05) is 19.5 Å². The third-order valence-corrected chi connectivity index (χ3v) is 3.09.